The molecule has 1 aliphatic heterocycles. The second kappa shape index (κ2) is 4.49. The van der Waals surface area contributed by atoms with Crippen molar-refractivity contribution >= 4 is 39.5 Å². The number of nitrogens with one attached hydrogen (secondary N) is 1. The Kier molecular flexibility index (Phi) is 2.90. The summed E-state index contributed by atoms with van der Waals surface area (Å²) in [6, 6.07) is 5.88. The Morgan fingerprint density at radius 1 is 1.30 bits per heavy atom. The standard InChI is InChI=1S/C14H13BrN4O/c1-18-11(13(20)19(2)14(18)16)6-8-7-17-12-9(8)4-3-5-10(12)15/h3-7,16,20H,1-2H3. The number of hydrogen-bond donors (Lipinski definition) is 2. The molecule has 6 heteroatoms. The van der Waals surface area contributed by atoms with Gasteiger partial charge in [0.05, 0.1) is 5.69 Å². The fraction of sp³-hybridized carbons (Fsp3) is 0.143. The molecule has 0 bridgehead atoms. The molecule has 20 heavy (non-hydrogen) atoms. The van der Waals surface area contributed by atoms with Crippen molar-refractivity contribution in [2.75, 3.05) is 0 Å². The molecule has 3 rings (SSSR count). The number of halogens is 1. The van der Waals surface area contributed by atoms with Gasteiger partial charge in [0.15, 0.2) is 0 Å². The van der Waals surface area contributed by atoms with E-state index in [-0.39, 0.29) is 11.5 Å². The number of para-hydroxylation sites is 1. The zero-order valence-corrected chi connectivity index (χ0v) is 12.6. The Hall–Kier alpha value is -2.08. The minimum atomic E-state index is 0.0712. The number of fused-ring (bicyclic) bond motifs is 1. The molecule has 0 unspecified atom stereocenters. The minimum Gasteiger partial charge on any atom is -0.493 e. The minimum absolute atomic E-state index is 0.0712. The number of hydrogen-bond acceptors (Lipinski definition) is 3. The van der Waals surface area contributed by atoms with Crippen LogP contribution >= 0.6 is 15.9 Å². The summed E-state index contributed by atoms with van der Waals surface area (Å²) in [6.07, 6.45) is 3.61. The van der Waals surface area contributed by atoms with Gasteiger partial charge in [-0.05, 0) is 28.1 Å². The third-order valence-corrected chi connectivity index (χ3v) is 4.11. The Morgan fingerprint density at radius 2 is 2.05 bits per heavy atom. The first-order valence-electron chi connectivity index (χ1n) is 6.04. The van der Waals surface area contributed by atoms with E-state index in [1.54, 1.807) is 24.9 Å². The Balaban J connectivity index is 2.19. The molecule has 2 heterocycles. The maximum absolute atomic E-state index is 10.1. The van der Waals surface area contributed by atoms with Crippen molar-refractivity contribution in [1.82, 2.24) is 9.13 Å². The molecule has 0 saturated heterocycles. The number of aromatic hydroxyl groups is 1. The fourth-order valence-corrected chi connectivity index (χ4v) is 2.74. The van der Waals surface area contributed by atoms with Crippen LogP contribution in [0.25, 0.3) is 11.6 Å². The Labute approximate surface area is 124 Å². The van der Waals surface area contributed by atoms with Crippen LogP contribution in [0.1, 0.15) is 11.3 Å². The zero-order valence-electron chi connectivity index (χ0n) is 11.1. The van der Waals surface area contributed by atoms with Crippen molar-refractivity contribution < 1.29 is 5.11 Å². The van der Waals surface area contributed by atoms with Crippen molar-refractivity contribution in [1.29, 1.82) is 5.41 Å². The molecule has 0 radical (unpaired) electrons. The molecule has 102 valence electrons. The highest BCUT2D eigenvalue weighted by atomic mass is 79.9. The van der Waals surface area contributed by atoms with Gasteiger partial charge in [0.1, 0.15) is 5.69 Å². The summed E-state index contributed by atoms with van der Waals surface area (Å²) in [5.74, 6) is 0.0712. The highest BCUT2D eigenvalue weighted by molar-refractivity contribution is 9.10. The summed E-state index contributed by atoms with van der Waals surface area (Å²) < 4.78 is 4.00. The number of rotatable bonds is 1. The molecular formula is C14H13BrN4O. The summed E-state index contributed by atoms with van der Waals surface area (Å²) in [5.41, 5.74) is 3.64. The summed E-state index contributed by atoms with van der Waals surface area (Å²) in [7, 11) is 3.41. The number of nitrogens with zero attached hydrogens (tertiary/aromatic N) is 3. The number of aliphatic imine (C=N–C) groups is 1. The molecular weight excluding hydrogens is 320 g/mol. The summed E-state index contributed by atoms with van der Waals surface area (Å²) in [5, 5.41) is 17.9. The van der Waals surface area contributed by atoms with Gasteiger partial charge in [-0.15, -0.1) is 0 Å². The molecule has 0 saturated carbocycles. The largest absolute Gasteiger partial charge is 0.493 e. The maximum atomic E-state index is 10.1. The van der Waals surface area contributed by atoms with Gasteiger partial charge in [-0.3, -0.25) is 15.0 Å². The van der Waals surface area contributed by atoms with Gasteiger partial charge >= 0.3 is 0 Å². The van der Waals surface area contributed by atoms with Gasteiger partial charge in [0.25, 0.3) is 0 Å². The van der Waals surface area contributed by atoms with Crippen LogP contribution in [0.5, 0.6) is 5.88 Å². The number of aromatic nitrogens is 2. The first-order chi connectivity index (χ1) is 9.50. The summed E-state index contributed by atoms with van der Waals surface area (Å²) in [4.78, 5) is 4.38. The zero-order chi connectivity index (χ0) is 14.4. The molecule has 1 aliphatic rings. The Morgan fingerprint density at radius 3 is 2.70 bits per heavy atom. The van der Waals surface area contributed by atoms with E-state index in [0.717, 1.165) is 21.3 Å². The van der Waals surface area contributed by atoms with E-state index < -0.39 is 0 Å². The molecule has 2 N–H and O–H groups in total. The normalized spacial score (nSPS) is 15.1. The van der Waals surface area contributed by atoms with E-state index in [4.69, 9.17) is 5.41 Å². The quantitative estimate of drug-likeness (QED) is 0.828. The average Bonchev–Trinajstić information content (AvgIpc) is 2.92. The van der Waals surface area contributed by atoms with Gasteiger partial charge in [-0.1, -0.05) is 12.1 Å². The SMILES string of the molecule is Cn1c(O)c(C=C2C=Nc3c(Br)cccc32)n(C)c1=N. The highest BCUT2D eigenvalue weighted by Crippen LogP contribution is 2.38. The van der Waals surface area contributed by atoms with Gasteiger partial charge in [-0.25, -0.2) is 0 Å². The second-order valence-electron chi connectivity index (χ2n) is 4.64. The lowest BCUT2D eigenvalue weighted by Gasteiger charge is -2.02. The third-order valence-electron chi connectivity index (χ3n) is 3.47. The molecule has 1 aromatic heterocycles. The third kappa shape index (κ3) is 1.76. The van der Waals surface area contributed by atoms with E-state index in [2.05, 4.69) is 20.9 Å². The van der Waals surface area contributed by atoms with Crippen LogP contribution in [0, 0.1) is 5.41 Å². The summed E-state index contributed by atoms with van der Waals surface area (Å²) in [6.45, 7) is 0. The van der Waals surface area contributed by atoms with E-state index in [1.165, 1.54) is 4.57 Å². The van der Waals surface area contributed by atoms with Crippen molar-refractivity contribution in [3.8, 4) is 5.88 Å². The van der Waals surface area contributed by atoms with E-state index >= 15 is 0 Å². The molecule has 0 amide bonds. The van der Waals surface area contributed by atoms with Crippen molar-refractivity contribution in [3.63, 3.8) is 0 Å². The molecule has 0 spiro atoms. The number of imidazole rings is 1. The van der Waals surface area contributed by atoms with Crippen LogP contribution in [-0.2, 0) is 14.1 Å². The van der Waals surface area contributed by atoms with Crippen LogP contribution in [0.15, 0.2) is 27.7 Å². The molecule has 0 fully saturated rings. The van der Waals surface area contributed by atoms with Crippen LogP contribution in [0.3, 0.4) is 0 Å². The van der Waals surface area contributed by atoms with Gasteiger partial charge in [0.2, 0.25) is 11.5 Å². The topological polar surface area (TPSA) is 66.3 Å². The van der Waals surface area contributed by atoms with Crippen LogP contribution in [0.4, 0.5) is 5.69 Å². The highest BCUT2D eigenvalue weighted by Gasteiger charge is 2.17. The fourth-order valence-electron chi connectivity index (χ4n) is 2.27. The number of benzene rings is 1. The van der Waals surface area contributed by atoms with Crippen molar-refractivity contribution in [2.45, 2.75) is 0 Å². The Bertz CT molecular complexity index is 826. The van der Waals surface area contributed by atoms with Crippen molar-refractivity contribution in [3.05, 3.63) is 39.5 Å². The average molecular weight is 333 g/mol. The lowest BCUT2D eigenvalue weighted by molar-refractivity contribution is 0.427. The monoisotopic (exact) mass is 332 g/mol. The predicted octanol–water partition coefficient (Wildman–Crippen LogP) is 2.57. The van der Waals surface area contributed by atoms with E-state index in [9.17, 15) is 5.11 Å². The second-order valence-corrected chi connectivity index (χ2v) is 5.50. The first kappa shape index (κ1) is 12.9. The maximum Gasteiger partial charge on any atom is 0.218 e. The van der Waals surface area contributed by atoms with Gasteiger partial charge in [-0.2, -0.15) is 0 Å². The van der Waals surface area contributed by atoms with Crippen LogP contribution in [0.2, 0.25) is 0 Å². The molecule has 5 nitrogen and oxygen atoms in total. The van der Waals surface area contributed by atoms with E-state index in [0.29, 0.717) is 5.69 Å². The molecule has 2 aromatic rings. The lowest BCUT2D eigenvalue weighted by Crippen LogP contribution is -2.20. The lowest BCUT2D eigenvalue weighted by atomic mass is 10.1. The predicted molar refractivity (Wildman–Crippen MR) is 82.1 cm³/mol. The molecule has 1 aromatic carbocycles. The number of allylic oxidation sites excluding steroid dienone is 1. The smallest absolute Gasteiger partial charge is 0.218 e. The van der Waals surface area contributed by atoms with Gasteiger partial charge in [0, 0.05) is 35.9 Å². The molecule has 0 aliphatic carbocycles. The van der Waals surface area contributed by atoms with Crippen LogP contribution < -0.4 is 5.62 Å². The van der Waals surface area contributed by atoms with Crippen LogP contribution in [-0.4, -0.2) is 20.5 Å². The summed E-state index contributed by atoms with van der Waals surface area (Å²) >= 11 is 3.48. The van der Waals surface area contributed by atoms with E-state index in [1.807, 2.05) is 24.3 Å². The first-order valence-corrected chi connectivity index (χ1v) is 6.84. The molecule has 0 atom stereocenters. The van der Waals surface area contributed by atoms with Crippen molar-refractivity contribution in [2.24, 2.45) is 19.1 Å². The van der Waals surface area contributed by atoms with Gasteiger partial charge < -0.3 is 9.67 Å².